The normalized spacial score (nSPS) is 13.0. The quantitative estimate of drug-likeness (QED) is 0.583. The number of fused-ring (bicyclic) bond motifs is 1. The van der Waals surface area contributed by atoms with Crippen LogP contribution < -0.4 is 10.2 Å². The first-order valence-corrected chi connectivity index (χ1v) is 10.2. The van der Waals surface area contributed by atoms with Crippen molar-refractivity contribution in [3.8, 4) is 0 Å². The van der Waals surface area contributed by atoms with E-state index in [4.69, 9.17) is 5.11 Å². The van der Waals surface area contributed by atoms with E-state index < -0.39 is 5.97 Å². The van der Waals surface area contributed by atoms with Crippen molar-refractivity contribution in [3.05, 3.63) is 83.3 Å². The van der Waals surface area contributed by atoms with Gasteiger partial charge in [0.2, 0.25) is 0 Å². The molecule has 0 aliphatic carbocycles. The van der Waals surface area contributed by atoms with E-state index in [2.05, 4.69) is 27.3 Å². The number of aryl methyl sites for hydroxylation is 1. The summed E-state index contributed by atoms with van der Waals surface area (Å²) in [5.41, 5.74) is 4.76. The van der Waals surface area contributed by atoms with Crippen LogP contribution >= 0.6 is 0 Å². The fraction of sp³-hybridized carbons (Fsp3) is 0.250. The first-order chi connectivity index (χ1) is 14.6. The Bertz CT molecular complexity index is 1040. The second-order valence-corrected chi connectivity index (χ2v) is 7.41. The molecule has 4 rings (SSSR count). The van der Waals surface area contributed by atoms with Gasteiger partial charge in [0.05, 0.1) is 0 Å². The summed E-state index contributed by atoms with van der Waals surface area (Å²) >= 11 is 0. The first-order valence-electron chi connectivity index (χ1n) is 10.2. The Kier molecular flexibility index (Phi) is 5.93. The second kappa shape index (κ2) is 8.95. The molecular weight excluding hydrogens is 381 g/mol. The summed E-state index contributed by atoms with van der Waals surface area (Å²) < 4.78 is 14.3. The molecule has 2 heterocycles. The van der Waals surface area contributed by atoms with Gasteiger partial charge >= 0.3 is 5.97 Å². The first kappa shape index (κ1) is 19.9. The van der Waals surface area contributed by atoms with Crippen LogP contribution in [0.5, 0.6) is 0 Å². The number of aliphatic carboxylic acids is 1. The number of benzene rings is 2. The molecule has 0 amide bonds. The van der Waals surface area contributed by atoms with Crippen molar-refractivity contribution in [2.75, 3.05) is 16.8 Å². The van der Waals surface area contributed by atoms with Crippen molar-refractivity contribution >= 4 is 23.2 Å². The van der Waals surface area contributed by atoms with Crippen molar-refractivity contribution in [1.29, 1.82) is 0 Å². The lowest BCUT2D eigenvalue weighted by atomic mass is 9.96. The van der Waals surface area contributed by atoms with Crippen molar-refractivity contribution < 1.29 is 14.3 Å². The molecule has 0 spiro atoms. The SMILES string of the molecule is O=C(O)CCc1ccc(NCc2cccc3c2CCCN3c2ccccn2)cc1F. The summed E-state index contributed by atoms with van der Waals surface area (Å²) in [5.74, 6) is -0.356. The summed E-state index contributed by atoms with van der Waals surface area (Å²) in [6.45, 7) is 1.52. The number of hydrogen-bond donors (Lipinski definition) is 2. The molecule has 154 valence electrons. The van der Waals surface area contributed by atoms with E-state index in [0.29, 0.717) is 17.8 Å². The van der Waals surface area contributed by atoms with Crippen LogP contribution in [0.3, 0.4) is 0 Å². The number of carbonyl (C=O) groups is 1. The number of halogens is 1. The average Bonchev–Trinajstić information content (AvgIpc) is 2.77. The van der Waals surface area contributed by atoms with Gasteiger partial charge in [0.15, 0.2) is 0 Å². The van der Waals surface area contributed by atoms with Gasteiger partial charge in [-0.05, 0) is 66.3 Å². The lowest BCUT2D eigenvalue weighted by Crippen LogP contribution is -2.26. The highest BCUT2D eigenvalue weighted by atomic mass is 19.1. The largest absolute Gasteiger partial charge is 0.481 e. The van der Waals surface area contributed by atoms with Crippen LogP contribution in [0.2, 0.25) is 0 Å². The topological polar surface area (TPSA) is 65.5 Å². The van der Waals surface area contributed by atoms with E-state index in [0.717, 1.165) is 25.2 Å². The molecule has 0 bridgehead atoms. The zero-order valence-electron chi connectivity index (χ0n) is 16.6. The van der Waals surface area contributed by atoms with Gasteiger partial charge in [0.25, 0.3) is 0 Å². The third kappa shape index (κ3) is 4.43. The standard InChI is InChI=1S/C24H24FN3O2/c25-21-15-19(11-9-17(21)10-12-24(29)30)27-16-18-5-3-7-22-20(18)6-4-14-28(22)23-8-1-2-13-26-23/h1-3,5,7-9,11,13,15,27H,4,6,10,12,14,16H2,(H,29,30). The molecule has 0 fully saturated rings. The van der Waals surface area contributed by atoms with Gasteiger partial charge in [0, 0.05) is 37.1 Å². The molecular formula is C24H24FN3O2. The minimum atomic E-state index is -0.926. The van der Waals surface area contributed by atoms with Gasteiger partial charge in [-0.25, -0.2) is 9.37 Å². The van der Waals surface area contributed by atoms with E-state index in [1.807, 2.05) is 30.5 Å². The highest BCUT2D eigenvalue weighted by molar-refractivity contribution is 5.68. The number of aromatic nitrogens is 1. The lowest BCUT2D eigenvalue weighted by Gasteiger charge is -2.31. The summed E-state index contributed by atoms with van der Waals surface area (Å²) in [6, 6.07) is 17.1. The Balaban J connectivity index is 1.50. The summed E-state index contributed by atoms with van der Waals surface area (Å²) in [4.78, 5) is 17.4. The number of nitrogens with one attached hydrogen (secondary N) is 1. The van der Waals surface area contributed by atoms with Crippen molar-refractivity contribution in [2.45, 2.75) is 32.2 Å². The summed E-state index contributed by atoms with van der Waals surface area (Å²) in [7, 11) is 0. The number of rotatable bonds is 7. The van der Waals surface area contributed by atoms with Crippen LogP contribution in [0, 0.1) is 5.82 Å². The predicted octanol–water partition coefficient (Wildman–Crippen LogP) is 4.93. The minimum Gasteiger partial charge on any atom is -0.481 e. The number of hydrogen-bond acceptors (Lipinski definition) is 4. The number of carboxylic acid groups (broad SMARTS) is 1. The molecule has 0 saturated carbocycles. The molecule has 2 aromatic carbocycles. The highest BCUT2D eigenvalue weighted by Gasteiger charge is 2.21. The molecule has 0 saturated heterocycles. The Hall–Kier alpha value is -3.41. The average molecular weight is 405 g/mol. The number of pyridine rings is 1. The molecule has 0 radical (unpaired) electrons. The number of nitrogens with zero attached hydrogens (tertiary/aromatic N) is 2. The maximum atomic E-state index is 14.3. The van der Waals surface area contributed by atoms with Crippen molar-refractivity contribution in [3.63, 3.8) is 0 Å². The Morgan fingerprint density at radius 3 is 2.80 bits per heavy atom. The van der Waals surface area contributed by atoms with Crippen LogP contribution in [0.1, 0.15) is 29.5 Å². The maximum Gasteiger partial charge on any atom is 0.303 e. The molecule has 2 N–H and O–H groups in total. The molecule has 1 aliphatic heterocycles. The van der Waals surface area contributed by atoms with Gasteiger partial charge in [0.1, 0.15) is 11.6 Å². The van der Waals surface area contributed by atoms with Gasteiger partial charge < -0.3 is 15.3 Å². The third-order valence-electron chi connectivity index (χ3n) is 5.42. The highest BCUT2D eigenvalue weighted by Crippen LogP contribution is 2.34. The van der Waals surface area contributed by atoms with E-state index in [-0.39, 0.29) is 18.7 Å². The second-order valence-electron chi connectivity index (χ2n) is 7.41. The molecule has 0 atom stereocenters. The van der Waals surface area contributed by atoms with Crippen LogP contribution in [-0.4, -0.2) is 22.6 Å². The van der Waals surface area contributed by atoms with Gasteiger partial charge in [-0.15, -0.1) is 0 Å². The third-order valence-corrected chi connectivity index (χ3v) is 5.42. The molecule has 1 aromatic heterocycles. The zero-order valence-corrected chi connectivity index (χ0v) is 16.6. The molecule has 6 heteroatoms. The minimum absolute atomic E-state index is 0.0768. The fourth-order valence-electron chi connectivity index (χ4n) is 3.91. The van der Waals surface area contributed by atoms with E-state index in [1.165, 1.54) is 22.9 Å². The van der Waals surface area contributed by atoms with Gasteiger partial charge in [-0.3, -0.25) is 4.79 Å². The van der Waals surface area contributed by atoms with Crippen LogP contribution in [0.25, 0.3) is 0 Å². The van der Waals surface area contributed by atoms with Crippen LogP contribution in [0.4, 0.5) is 21.6 Å². The van der Waals surface area contributed by atoms with Crippen LogP contribution in [0.15, 0.2) is 60.8 Å². The molecule has 30 heavy (non-hydrogen) atoms. The maximum absolute atomic E-state index is 14.3. The number of carboxylic acids is 1. The number of anilines is 3. The van der Waals surface area contributed by atoms with Gasteiger partial charge in [-0.1, -0.05) is 24.3 Å². The van der Waals surface area contributed by atoms with Crippen molar-refractivity contribution in [2.24, 2.45) is 0 Å². The molecule has 1 aliphatic rings. The summed E-state index contributed by atoms with van der Waals surface area (Å²) in [5, 5.41) is 12.1. The molecule has 0 unspecified atom stereocenters. The van der Waals surface area contributed by atoms with E-state index in [9.17, 15) is 9.18 Å². The smallest absolute Gasteiger partial charge is 0.303 e. The van der Waals surface area contributed by atoms with E-state index in [1.54, 1.807) is 12.1 Å². The Morgan fingerprint density at radius 1 is 1.13 bits per heavy atom. The van der Waals surface area contributed by atoms with Gasteiger partial charge in [-0.2, -0.15) is 0 Å². The monoisotopic (exact) mass is 405 g/mol. The van der Waals surface area contributed by atoms with Crippen LogP contribution in [-0.2, 0) is 24.2 Å². The lowest BCUT2D eigenvalue weighted by molar-refractivity contribution is -0.136. The zero-order chi connectivity index (χ0) is 20.9. The Labute approximate surface area is 175 Å². The van der Waals surface area contributed by atoms with E-state index >= 15 is 0 Å². The van der Waals surface area contributed by atoms with Crippen molar-refractivity contribution in [1.82, 2.24) is 4.98 Å². The fourth-order valence-corrected chi connectivity index (χ4v) is 3.91. The predicted molar refractivity (Wildman–Crippen MR) is 116 cm³/mol. The Morgan fingerprint density at radius 2 is 2.03 bits per heavy atom. The molecule has 5 nitrogen and oxygen atoms in total. The summed E-state index contributed by atoms with van der Waals surface area (Å²) in [6.07, 6.45) is 3.97. The molecule has 3 aromatic rings.